The summed E-state index contributed by atoms with van der Waals surface area (Å²) >= 11 is 1.62. The van der Waals surface area contributed by atoms with Crippen molar-refractivity contribution in [2.75, 3.05) is 32.4 Å². The topological polar surface area (TPSA) is 74.0 Å². The fraction of sp³-hybridized carbons (Fsp3) is 0.368. The molecule has 26 heavy (non-hydrogen) atoms. The summed E-state index contributed by atoms with van der Waals surface area (Å²) in [6, 6.07) is 10.3. The first-order chi connectivity index (χ1) is 12.6. The van der Waals surface area contributed by atoms with E-state index in [-0.39, 0.29) is 5.91 Å². The summed E-state index contributed by atoms with van der Waals surface area (Å²) in [6.07, 6.45) is 4.19. The summed E-state index contributed by atoms with van der Waals surface area (Å²) in [7, 11) is 0. The molecule has 1 atom stereocenters. The Balaban J connectivity index is 1.72. The van der Waals surface area contributed by atoms with Crippen LogP contribution in [0.15, 0.2) is 52.0 Å². The average Bonchev–Trinajstić information content (AvgIpc) is 3.08. The molecule has 6 nitrogen and oxygen atoms in total. The van der Waals surface area contributed by atoms with E-state index >= 15 is 0 Å². The molecule has 1 aromatic heterocycles. The molecule has 1 saturated heterocycles. The third-order valence-electron chi connectivity index (χ3n) is 4.58. The van der Waals surface area contributed by atoms with E-state index in [9.17, 15) is 14.7 Å². The van der Waals surface area contributed by atoms with Crippen LogP contribution in [-0.4, -0.2) is 59.2 Å². The van der Waals surface area contributed by atoms with Crippen LogP contribution in [0.4, 0.5) is 0 Å². The zero-order valence-corrected chi connectivity index (χ0v) is 15.4. The molecular weight excluding hydrogens is 352 g/mol. The fourth-order valence-electron chi connectivity index (χ4n) is 3.25. The molecule has 0 unspecified atom stereocenters. The van der Waals surface area contributed by atoms with Gasteiger partial charge in [-0.1, -0.05) is 12.1 Å². The monoisotopic (exact) mass is 374 g/mol. The van der Waals surface area contributed by atoms with E-state index in [0.29, 0.717) is 31.9 Å². The molecule has 3 rings (SSSR count). The molecule has 1 N–H and O–H groups in total. The number of aliphatic carboxylic acids is 1. The van der Waals surface area contributed by atoms with Gasteiger partial charge in [0.1, 0.15) is 6.04 Å². The van der Waals surface area contributed by atoms with Gasteiger partial charge in [0.25, 0.3) is 5.91 Å². The van der Waals surface area contributed by atoms with Crippen LogP contribution in [0, 0.1) is 0 Å². The molecule has 0 radical (unpaired) electrons. The van der Waals surface area contributed by atoms with Crippen LogP contribution >= 0.6 is 11.8 Å². The Morgan fingerprint density at radius 1 is 1.12 bits per heavy atom. The molecule has 1 amide bonds. The van der Waals surface area contributed by atoms with E-state index in [0.717, 1.165) is 16.9 Å². The zero-order valence-electron chi connectivity index (χ0n) is 14.6. The second kappa shape index (κ2) is 8.42. The summed E-state index contributed by atoms with van der Waals surface area (Å²) in [5.74, 6) is -0.693. The lowest BCUT2D eigenvalue weighted by molar-refractivity contribution is -0.143. The summed E-state index contributed by atoms with van der Waals surface area (Å²) in [5, 5.41) is 9.78. The summed E-state index contributed by atoms with van der Waals surface area (Å²) < 4.78 is 5.19. The summed E-state index contributed by atoms with van der Waals surface area (Å²) in [5.41, 5.74) is 0.765. The Hall–Kier alpha value is -2.25. The lowest BCUT2D eigenvalue weighted by Gasteiger charge is -2.28. The highest BCUT2D eigenvalue weighted by Crippen LogP contribution is 2.25. The first-order valence-corrected chi connectivity index (χ1v) is 9.76. The number of carboxylic acids is 1. The highest BCUT2D eigenvalue weighted by molar-refractivity contribution is 7.98. The molecule has 0 saturated carbocycles. The van der Waals surface area contributed by atoms with Crippen LogP contribution in [0.1, 0.15) is 28.6 Å². The van der Waals surface area contributed by atoms with E-state index in [1.165, 1.54) is 6.26 Å². The van der Waals surface area contributed by atoms with Crippen LogP contribution in [0.2, 0.25) is 0 Å². The maximum absolute atomic E-state index is 12.5. The van der Waals surface area contributed by atoms with Gasteiger partial charge in [-0.2, -0.15) is 0 Å². The largest absolute Gasteiger partial charge is 0.480 e. The Morgan fingerprint density at radius 3 is 2.50 bits per heavy atom. The van der Waals surface area contributed by atoms with Crippen molar-refractivity contribution in [1.82, 2.24) is 9.80 Å². The Bertz CT molecular complexity index is 745. The van der Waals surface area contributed by atoms with E-state index in [1.54, 1.807) is 28.8 Å². The minimum atomic E-state index is -0.868. The quantitative estimate of drug-likeness (QED) is 0.811. The number of nitrogens with zero attached hydrogens (tertiary/aromatic N) is 2. The number of carbonyl (C=O) groups excluding carboxylic acids is 1. The molecule has 0 bridgehead atoms. The van der Waals surface area contributed by atoms with Crippen LogP contribution < -0.4 is 0 Å². The van der Waals surface area contributed by atoms with Gasteiger partial charge in [-0.25, -0.2) is 0 Å². The van der Waals surface area contributed by atoms with Crippen molar-refractivity contribution in [2.24, 2.45) is 0 Å². The molecule has 1 aromatic carbocycles. The Kier molecular flexibility index (Phi) is 6.00. The number of carbonyl (C=O) groups is 2. The maximum atomic E-state index is 12.5. The number of rotatable bonds is 5. The lowest BCUT2D eigenvalue weighted by Crippen LogP contribution is -2.38. The summed E-state index contributed by atoms with van der Waals surface area (Å²) in [6.45, 7) is 2.21. The predicted octanol–water partition coefficient (Wildman–Crippen LogP) is 2.98. The van der Waals surface area contributed by atoms with Gasteiger partial charge in [-0.15, -0.1) is 11.8 Å². The number of hydrogen-bond donors (Lipinski definition) is 1. The van der Waals surface area contributed by atoms with E-state index in [4.69, 9.17) is 4.42 Å². The van der Waals surface area contributed by atoms with Crippen molar-refractivity contribution >= 4 is 23.6 Å². The number of amides is 1. The third-order valence-corrected chi connectivity index (χ3v) is 5.32. The van der Waals surface area contributed by atoms with Gasteiger partial charge in [0.05, 0.1) is 6.26 Å². The highest BCUT2D eigenvalue weighted by Gasteiger charge is 2.30. The van der Waals surface area contributed by atoms with E-state index in [2.05, 4.69) is 0 Å². The third kappa shape index (κ3) is 4.11. The normalized spacial score (nSPS) is 16.9. The van der Waals surface area contributed by atoms with Crippen LogP contribution in [0.3, 0.4) is 0 Å². The second-order valence-corrected chi connectivity index (χ2v) is 7.05. The smallest absolute Gasteiger partial charge is 0.325 e. The van der Waals surface area contributed by atoms with Gasteiger partial charge in [0.2, 0.25) is 0 Å². The zero-order chi connectivity index (χ0) is 18.5. The first-order valence-electron chi connectivity index (χ1n) is 8.53. The molecule has 1 aliphatic heterocycles. The molecule has 0 aliphatic carbocycles. The van der Waals surface area contributed by atoms with Crippen molar-refractivity contribution < 1.29 is 19.1 Å². The Labute approximate surface area is 156 Å². The average molecular weight is 374 g/mol. The molecule has 138 valence electrons. The molecule has 7 heteroatoms. The lowest BCUT2D eigenvalue weighted by atomic mass is 10.1. The highest BCUT2D eigenvalue weighted by atomic mass is 32.2. The van der Waals surface area contributed by atoms with Crippen molar-refractivity contribution in [3.05, 3.63) is 54.0 Å². The fourth-order valence-corrected chi connectivity index (χ4v) is 3.66. The SMILES string of the molecule is CSc1ccc([C@H](C(=O)O)N2CCCN(C(=O)c3ccco3)CC2)cc1. The van der Waals surface area contributed by atoms with Crippen molar-refractivity contribution in [2.45, 2.75) is 17.4 Å². The van der Waals surface area contributed by atoms with Gasteiger partial charge < -0.3 is 14.4 Å². The van der Waals surface area contributed by atoms with Gasteiger partial charge in [-0.05, 0) is 42.5 Å². The van der Waals surface area contributed by atoms with Gasteiger partial charge in [0, 0.05) is 31.1 Å². The number of thioether (sulfide) groups is 1. The minimum absolute atomic E-state index is 0.145. The van der Waals surface area contributed by atoms with Crippen molar-refractivity contribution in [1.29, 1.82) is 0 Å². The standard InChI is InChI=1S/C19H22N2O4S/c1-26-15-7-5-14(6-8-15)17(19(23)24)20-9-3-10-21(12-11-20)18(22)16-4-2-13-25-16/h2,4-8,13,17H,3,9-12H2,1H3,(H,23,24)/t17-/m1/s1. The first kappa shape index (κ1) is 18.5. The molecule has 0 spiro atoms. The molecule has 2 aromatic rings. The van der Waals surface area contributed by atoms with Gasteiger partial charge in [-0.3, -0.25) is 14.5 Å². The molecule has 1 aliphatic rings. The van der Waals surface area contributed by atoms with Gasteiger partial charge in [0.15, 0.2) is 5.76 Å². The van der Waals surface area contributed by atoms with Crippen LogP contribution in [0.25, 0.3) is 0 Å². The van der Waals surface area contributed by atoms with Crippen molar-refractivity contribution in [3.8, 4) is 0 Å². The maximum Gasteiger partial charge on any atom is 0.325 e. The number of carboxylic acid groups (broad SMARTS) is 1. The molecule has 2 heterocycles. The van der Waals surface area contributed by atoms with Crippen LogP contribution in [0.5, 0.6) is 0 Å². The summed E-state index contributed by atoms with van der Waals surface area (Å²) in [4.78, 5) is 29.2. The predicted molar refractivity (Wildman–Crippen MR) is 99.4 cm³/mol. The Morgan fingerprint density at radius 2 is 1.88 bits per heavy atom. The van der Waals surface area contributed by atoms with Crippen molar-refractivity contribution in [3.63, 3.8) is 0 Å². The van der Waals surface area contributed by atoms with E-state index in [1.807, 2.05) is 35.4 Å². The molecular formula is C19H22N2O4S. The number of furan rings is 1. The van der Waals surface area contributed by atoms with E-state index < -0.39 is 12.0 Å². The molecule has 1 fully saturated rings. The number of benzene rings is 1. The van der Waals surface area contributed by atoms with Crippen LogP contribution in [-0.2, 0) is 4.79 Å². The minimum Gasteiger partial charge on any atom is -0.480 e. The van der Waals surface area contributed by atoms with Gasteiger partial charge >= 0.3 is 5.97 Å². The number of hydrogen-bond acceptors (Lipinski definition) is 5. The second-order valence-electron chi connectivity index (χ2n) is 6.17.